The van der Waals surface area contributed by atoms with Crippen LogP contribution in [0.2, 0.25) is 5.02 Å². The van der Waals surface area contributed by atoms with Crippen LogP contribution in [0.3, 0.4) is 0 Å². The van der Waals surface area contributed by atoms with Gasteiger partial charge in [0.15, 0.2) is 0 Å². The van der Waals surface area contributed by atoms with Gasteiger partial charge < -0.3 is 0 Å². The summed E-state index contributed by atoms with van der Waals surface area (Å²) in [5.41, 5.74) is 4.82. The van der Waals surface area contributed by atoms with Gasteiger partial charge in [0.05, 0.1) is 5.69 Å². The lowest BCUT2D eigenvalue weighted by Crippen LogP contribution is -2.05. The van der Waals surface area contributed by atoms with Crippen LogP contribution in [-0.2, 0) is 0 Å². The van der Waals surface area contributed by atoms with Gasteiger partial charge in [0.25, 0.3) is 0 Å². The summed E-state index contributed by atoms with van der Waals surface area (Å²) in [6, 6.07) is 24.8. The first-order valence-electron chi connectivity index (χ1n) is 8.64. The van der Waals surface area contributed by atoms with Gasteiger partial charge in [-0.05, 0) is 48.9 Å². The second-order valence-electron chi connectivity index (χ2n) is 6.37. The highest BCUT2D eigenvalue weighted by atomic mass is 35.5. The highest BCUT2D eigenvalue weighted by Gasteiger charge is 2.20. The molecule has 0 saturated carbocycles. The van der Waals surface area contributed by atoms with Crippen molar-refractivity contribution in [2.75, 3.05) is 0 Å². The Bertz CT molecular complexity index is 1080. The van der Waals surface area contributed by atoms with Crippen LogP contribution in [0, 0.1) is 6.92 Å². The number of aryl methyl sites for hydroxylation is 1. The van der Waals surface area contributed by atoms with Crippen LogP contribution >= 0.6 is 11.6 Å². The van der Waals surface area contributed by atoms with Gasteiger partial charge in [0.1, 0.15) is 5.69 Å². The van der Waals surface area contributed by atoms with Gasteiger partial charge in [0, 0.05) is 22.3 Å². The summed E-state index contributed by atoms with van der Waals surface area (Å²) in [5.74, 6) is -0.128. The molecule has 0 saturated heterocycles. The number of aromatic nitrogens is 2. The number of benzene rings is 3. The molecule has 0 aliphatic rings. The predicted molar refractivity (Wildman–Crippen MR) is 109 cm³/mol. The van der Waals surface area contributed by atoms with Gasteiger partial charge in [0.2, 0.25) is 5.78 Å². The number of halogens is 1. The topological polar surface area (TPSA) is 34.9 Å². The highest BCUT2D eigenvalue weighted by Crippen LogP contribution is 2.27. The molecule has 3 aromatic carbocycles. The number of carbonyl (C=O) groups is 1. The molecule has 1 aromatic heterocycles. The molecule has 3 nitrogen and oxygen atoms in total. The molecule has 4 rings (SSSR count). The van der Waals surface area contributed by atoms with E-state index in [9.17, 15) is 4.79 Å². The molecule has 0 atom stereocenters. The highest BCUT2D eigenvalue weighted by molar-refractivity contribution is 6.30. The quantitative estimate of drug-likeness (QED) is 0.428. The van der Waals surface area contributed by atoms with Crippen LogP contribution in [0.5, 0.6) is 0 Å². The van der Waals surface area contributed by atoms with Crippen molar-refractivity contribution in [2.45, 2.75) is 6.92 Å². The molecule has 4 heteroatoms. The first-order valence-corrected chi connectivity index (χ1v) is 9.02. The molecular weight excluding hydrogens is 356 g/mol. The molecule has 1 heterocycles. The van der Waals surface area contributed by atoms with E-state index in [2.05, 4.69) is 5.10 Å². The SMILES string of the molecule is Cc1ccc(-n2cc(-c3ccccc3)c(C(=O)c3ccc(Cl)cc3)n2)cc1. The van der Waals surface area contributed by atoms with E-state index in [0.717, 1.165) is 16.8 Å². The fraction of sp³-hybridized carbons (Fsp3) is 0.0435. The molecule has 4 aromatic rings. The van der Waals surface area contributed by atoms with Crippen molar-refractivity contribution in [1.82, 2.24) is 9.78 Å². The minimum Gasteiger partial charge on any atom is -0.287 e. The number of ketones is 1. The maximum absolute atomic E-state index is 13.1. The summed E-state index contributed by atoms with van der Waals surface area (Å²) in [5, 5.41) is 5.22. The van der Waals surface area contributed by atoms with E-state index in [1.165, 1.54) is 5.56 Å². The van der Waals surface area contributed by atoms with Crippen molar-refractivity contribution in [3.63, 3.8) is 0 Å². The van der Waals surface area contributed by atoms with E-state index in [0.29, 0.717) is 16.3 Å². The van der Waals surface area contributed by atoms with Crippen molar-refractivity contribution >= 4 is 17.4 Å². The van der Waals surface area contributed by atoms with Gasteiger partial charge in [-0.15, -0.1) is 0 Å². The lowest BCUT2D eigenvalue weighted by atomic mass is 10.0. The fourth-order valence-corrected chi connectivity index (χ4v) is 3.06. The molecule has 0 aliphatic heterocycles. The number of hydrogen-bond acceptors (Lipinski definition) is 2. The van der Waals surface area contributed by atoms with Crippen LogP contribution in [0.1, 0.15) is 21.6 Å². The number of nitrogens with zero attached hydrogens (tertiary/aromatic N) is 2. The molecule has 0 spiro atoms. The summed E-state index contributed by atoms with van der Waals surface area (Å²) < 4.78 is 1.75. The number of carbonyl (C=O) groups excluding carboxylic acids is 1. The summed E-state index contributed by atoms with van der Waals surface area (Å²) in [6.07, 6.45) is 1.91. The normalized spacial score (nSPS) is 10.7. The van der Waals surface area contributed by atoms with Crippen molar-refractivity contribution < 1.29 is 4.79 Å². The standard InChI is InChI=1S/C23H17ClN2O/c1-16-7-13-20(14-8-16)26-15-21(17-5-3-2-4-6-17)22(25-26)23(27)18-9-11-19(24)12-10-18/h2-15H,1H3. The maximum Gasteiger partial charge on any atom is 0.213 e. The zero-order valence-electron chi connectivity index (χ0n) is 14.8. The first-order chi connectivity index (χ1) is 13.1. The van der Waals surface area contributed by atoms with E-state index in [1.54, 1.807) is 28.9 Å². The predicted octanol–water partition coefficient (Wildman–Crippen LogP) is 5.73. The summed E-state index contributed by atoms with van der Waals surface area (Å²) in [4.78, 5) is 13.1. The monoisotopic (exact) mass is 372 g/mol. The number of rotatable bonds is 4. The second-order valence-corrected chi connectivity index (χ2v) is 6.81. The third kappa shape index (κ3) is 3.55. The molecule has 0 amide bonds. The van der Waals surface area contributed by atoms with Crippen molar-refractivity contribution in [1.29, 1.82) is 0 Å². The van der Waals surface area contributed by atoms with Crippen LogP contribution in [0.25, 0.3) is 16.8 Å². The van der Waals surface area contributed by atoms with E-state index in [4.69, 9.17) is 11.6 Å². The first kappa shape index (κ1) is 17.3. The maximum atomic E-state index is 13.1. The molecule has 27 heavy (non-hydrogen) atoms. The smallest absolute Gasteiger partial charge is 0.213 e. The molecule has 0 bridgehead atoms. The largest absolute Gasteiger partial charge is 0.287 e. The summed E-state index contributed by atoms with van der Waals surface area (Å²) in [7, 11) is 0. The van der Waals surface area contributed by atoms with E-state index in [1.807, 2.05) is 67.7 Å². The molecule has 0 fully saturated rings. The zero-order valence-corrected chi connectivity index (χ0v) is 15.5. The van der Waals surface area contributed by atoms with Crippen LogP contribution in [0.4, 0.5) is 0 Å². The Morgan fingerprint density at radius 3 is 2.22 bits per heavy atom. The van der Waals surface area contributed by atoms with Gasteiger partial charge in [-0.2, -0.15) is 5.10 Å². The molecule has 0 radical (unpaired) electrons. The Morgan fingerprint density at radius 2 is 1.56 bits per heavy atom. The fourth-order valence-electron chi connectivity index (χ4n) is 2.94. The molecule has 0 unspecified atom stereocenters. The average molecular weight is 373 g/mol. The van der Waals surface area contributed by atoms with Gasteiger partial charge in [-0.25, -0.2) is 4.68 Å². The minimum atomic E-state index is -0.128. The van der Waals surface area contributed by atoms with Crippen molar-refractivity contribution in [3.05, 3.63) is 107 Å². The van der Waals surface area contributed by atoms with Crippen molar-refractivity contribution in [2.24, 2.45) is 0 Å². The average Bonchev–Trinajstić information content (AvgIpc) is 3.15. The Balaban J connectivity index is 1.84. The molecule has 0 N–H and O–H groups in total. The minimum absolute atomic E-state index is 0.128. The Hall–Kier alpha value is -3.17. The lowest BCUT2D eigenvalue weighted by Gasteiger charge is -2.02. The van der Waals surface area contributed by atoms with Crippen molar-refractivity contribution in [3.8, 4) is 16.8 Å². The van der Waals surface area contributed by atoms with E-state index < -0.39 is 0 Å². The van der Waals surface area contributed by atoms with Crippen LogP contribution in [-0.4, -0.2) is 15.6 Å². The zero-order chi connectivity index (χ0) is 18.8. The Morgan fingerprint density at radius 1 is 0.889 bits per heavy atom. The summed E-state index contributed by atoms with van der Waals surface area (Å²) >= 11 is 5.96. The van der Waals surface area contributed by atoms with Gasteiger partial charge >= 0.3 is 0 Å². The molecule has 132 valence electrons. The third-order valence-electron chi connectivity index (χ3n) is 4.42. The van der Waals surface area contributed by atoms with Gasteiger partial charge in [-0.1, -0.05) is 59.6 Å². The van der Waals surface area contributed by atoms with E-state index >= 15 is 0 Å². The second kappa shape index (κ2) is 7.22. The molecule has 0 aliphatic carbocycles. The van der Waals surface area contributed by atoms with E-state index in [-0.39, 0.29) is 5.78 Å². The third-order valence-corrected chi connectivity index (χ3v) is 4.67. The molecular formula is C23H17ClN2O. The Labute approximate surface area is 162 Å². The van der Waals surface area contributed by atoms with Crippen LogP contribution < -0.4 is 0 Å². The lowest BCUT2D eigenvalue weighted by molar-refractivity contribution is 0.103. The van der Waals surface area contributed by atoms with Crippen LogP contribution in [0.15, 0.2) is 85.1 Å². The number of hydrogen-bond donors (Lipinski definition) is 0. The van der Waals surface area contributed by atoms with Gasteiger partial charge in [-0.3, -0.25) is 4.79 Å². The summed E-state index contributed by atoms with van der Waals surface area (Å²) in [6.45, 7) is 2.04. The Kier molecular flexibility index (Phi) is 4.61.